The quantitative estimate of drug-likeness (QED) is 0.731. The Balaban J connectivity index is 1.51. The van der Waals surface area contributed by atoms with Gasteiger partial charge in [-0.3, -0.25) is 14.5 Å². The Hall–Kier alpha value is -3.27. The molecular formula is C22H24F3N3O4. The molecule has 0 aromatic heterocycles. The topological polar surface area (TPSA) is 71.1 Å². The minimum atomic E-state index is -4.44. The third-order valence-corrected chi connectivity index (χ3v) is 5.17. The molecule has 2 amide bonds. The molecule has 0 radical (unpaired) electrons. The predicted octanol–water partition coefficient (Wildman–Crippen LogP) is 3.12. The van der Waals surface area contributed by atoms with E-state index in [1.54, 1.807) is 23.1 Å². The largest absolute Gasteiger partial charge is 0.497 e. The molecule has 0 atom stereocenters. The molecule has 1 aliphatic heterocycles. The Morgan fingerprint density at radius 1 is 0.969 bits per heavy atom. The lowest BCUT2D eigenvalue weighted by Crippen LogP contribution is -2.50. The van der Waals surface area contributed by atoms with Crippen molar-refractivity contribution in [2.45, 2.75) is 6.18 Å². The third kappa shape index (κ3) is 5.70. The maximum Gasteiger partial charge on any atom is 0.416 e. The lowest BCUT2D eigenvalue weighted by atomic mass is 10.1. The van der Waals surface area contributed by atoms with E-state index in [1.165, 1.54) is 26.4 Å². The highest BCUT2D eigenvalue weighted by Gasteiger charge is 2.31. The Morgan fingerprint density at radius 2 is 1.62 bits per heavy atom. The summed E-state index contributed by atoms with van der Waals surface area (Å²) in [5, 5.41) is 2.80. The predicted molar refractivity (Wildman–Crippen MR) is 112 cm³/mol. The summed E-state index contributed by atoms with van der Waals surface area (Å²) >= 11 is 0. The number of hydrogen-bond acceptors (Lipinski definition) is 5. The summed E-state index contributed by atoms with van der Waals surface area (Å²) < 4.78 is 48.5. The number of halogens is 3. The molecule has 0 unspecified atom stereocenters. The molecule has 172 valence electrons. The molecule has 32 heavy (non-hydrogen) atoms. The van der Waals surface area contributed by atoms with Crippen LogP contribution in [0.1, 0.15) is 15.9 Å². The molecule has 1 fully saturated rings. The number of benzene rings is 2. The Morgan fingerprint density at radius 3 is 2.19 bits per heavy atom. The number of hydrogen-bond donors (Lipinski definition) is 1. The zero-order valence-corrected chi connectivity index (χ0v) is 17.7. The Bertz CT molecular complexity index is 956. The van der Waals surface area contributed by atoms with E-state index in [0.29, 0.717) is 43.4 Å². The molecule has 7 nitrogen and oxygen atoms in total. The van der Waals surface area contributed by atoms with E-state index in [-0.39, 0.29) is 23.9 Å². The smallest absolute Gasteiger partial charge is 0.416 e. The summed E-state index contributed by atoms with van der Waals surface area (Å²) in [5.41, 5.74) is -0.0661. The van der Waals surface area contributed by atoms with Gasteiger partial charge in [0, 0.05) is 37.8 Å². The lowest BCUT2D eigenvalue weighted by molar-refractivity contribution is -0.137. The third-order valence-electron chi connectivity index (χ3n) is 5.17. The number of piperazine rings is 1. The van der Waals surface area contributed by atoms with Crippen molar-refractivity contribution < 1.29 is 32.2 Å². The van der Waals surface area contributed by atoms with Crippen LogP contribution < -0.4 is 14.8 Å². The highest BCUT2D eigenvalue weighted by molar-refractivity contribution is 5.95. The molecule has 0 aliphatic carbocycles. The van der Waals surface area contributed by atoms with E-state index in [4.69, 9.17) is 9.47 Å². The van der Waals surface area contributed by atoms with Crippen molar-refractivity contribution in [2.75, 3.05) is 52.3 Å². The van der Waals surface area contributed by atoms with Gasteiger partial charge >= 0.3 is 6.18 Å². The van der Waals surface area contributed by atoms with Crippen LogP contribution in [-0.4, -0.2) is 68.6 Å². The first kappa shape index (κ1) is 23.4. The van der Waals surface area contributed by atoms with E-state index in [1.807, 2.05) is 4.90 Å². The van der Waals surface area contributed by atoms with Crippen LogP contribution in [0.2, 0.25) is 0 Å². The first-order chi connectivity index (χ1) is 15.2. The summed E-state index contributed by atoms with van der Waals surface area (Å²) in [4.78, 5) is 28.5. The first-order valence-corrected chi connectivity index (χ1v) is 9.92. The summed E-state index contributed by atoms with van der Waals surface area (Å²) in [6, 6.07) is 9.25. The van der Waals surface area contributed by atoms with Gasteiger partial charge in [-0.05, 0) is 36.4 Å². The van der Waals surface area contributed by atoms with Crippen molar-refractivity contribution in [1.29, 1.82) is 0 Å². The van der Waals surface area contributed by atoms with Crippen LogP contribution in [0.15, 0.2) is 42.5 Å². The maximum absolute atomic E-state index is 12.7. The summed E-state index contributed by atoms with van der Waals surface area (Å²) in [7, 11) is 3.03. The van der Waals surface area contributed by atoms with Crippen molar-refractivity contribution >= 4 is 17.5 Å². The normalized spacial score (nSPS) is 14.7. The van der Waals surface area contributed by atoms with Gasteiger partial charge in [-0.2, -0.15) is 13.2 Å². The van der Waals surface area contributed by atoms with Gasteiger partial charge in [0.15, 0.2) is 0 Å². The molecule has 3 rings (SSSR count). The van der Waals surface area contributed by atoms with E-state index in [9.17, 15) is 22.8 Å². The molecule has 1 aliphatic rings. The van der Waals surface area contributed by atoms with Crippen molar-refractivity contribution in [3.05, 3.63) is 53.6 Å². The molecule has 2 aromatic carbocycles. The molecule has 2 aromatic rings. The van der Waals surface area contributed by atoms with E-state index < -0.39 is 11.7 Å². The maximum atomic E-state index is 12.7. The first-order valence-electron chi connectivity index (χ1n) is 9.92. The van der Waals surface area contributed by atoms with E-state index in [2.05, 4.69) is 5.32 Å². The monoisotopic (exact) mass is 451 g/mol. The molecule has 0 spiro atoms. The summed E-state index contributed by atoms with van der Waals surface area (Å²) in [6.45, 7) is 1.83. The zero-order valence-electron chi connectivity index (χ0n) is 17.7. The van der Waals surface area contributed by atoms with Gasteiger partial charge in [0.05, 0.1) is 32.0 Å². The van der Waals surface area contributed by atoms with Crippen molar-refractivity contribution in [2.24, 2.45) is 0 Å². The van der Waals surface area contributed by atoms with Gasteiger partial charge in [0.1, 0.15) is 11.5 Å². The molecular weight excluding hydrogens is 427 g/mol. The van der Waals surface area contributed by atoms with Crippen molar-refractivity contribution in [3.8, 4) is 11.5 Å². The van der Waals surface area contributed by atoms with Crippen LogP contribution in [0.25, 0.3) is 0 Å². The number of nitrogens with one attached hydrogen (secondary N) is 1. The Kier molecular flexibility index (Phi) is 7.24. The van der Waals surface area contributed by atoms with E-state index in [0.717, 1.165) is 12.1 Å². The SMILES string of the molecule is COc1ccc(NC(=O)CN2CCN(C(=O)c3ccc(C(F)(F)F)cc3)CC2)c(OC)c1. The molecule has 1 N–H and O–H groups in total. The van der Waals surface area contributed by atoms with Crippen LogP contribution in [0, 0.1) is 0 Å². The molecule has 0 bridgehead atoms. The van der Waals surface area contributed by atoms with Crippen LogP contribution in [-0.2, 0) is 11.0 Å². The average molecular weight is 451 g/mol. The lowest BCUT2D eigenvalue weighted by Gasteiger charge is -2.34. The van der Waals surface area contributed by atoms with Gasteiger partial charge < -0.3 is 19.7 Å². The zero-order chi connectivity index (χ0) is 23.3. The fourth-order valence-corrected chi connectivity index (χ4v) is 3.39. The van der Waals surface area contributed by atoms with E-state index >= 15 is 0 Å². The molecule has 1 saturated heterocycles. The van der Waals surface area contributed by atoms with Gasteiger partial charge in [0.25, 0.3) is 5.91 Å². The van der Waals surface area contributed by atoms with Crippen molar-refractivity contribution in [1.82, 2.24) is 9.80 Å². The molecule has 1 heterocycles. The number of anilines is 1. The van der Waals surface area contributed by atoms with Crippen LogP contribution in [0.4, 0.5) is 18.9 Å². The molecule has 0 saturated carbocycles. The minimum Gasteiger partial charge on any atom is -0.497 e. The second-order valence-electron chi connectivity index (χ2n) is 7.26. The number of alkyl halides is 3. The number of ether oxygens (including phenoxy) is 2. The van der Waals surface area contributed by atoms with Crippen LogP contribution in [0.5, 0.6) is 11.5 Å². The highest BCUT2D eigenvalue weighted by atomic mass is 19.4. The number of carbonyl (C=O) groups is 2. The number of nitrogens with zero attached hydrogens (tertiary/aromatic N) is 2. The molecule has 10 heteroatoms. The van der Waals surface area contributed by atoms with Crippen molar-refractivity contribution in [3.63, 3.8) is 0 Å². The highest BCUT2D eigenvalue weighted by Crippen LogP contribution is 2.30. The second-order valence-corrected chi connectivity index (χ2v) is 7.26. The standard InChI is InChI=1S/C22H24F3N3O4/c1-31-17-7-8-18(19(13-17)32-2)26-20(29)14-27-9-11-28(12-10-27)21(30)15-3-5-16(6-4-15)22(23,24)25/h3-8,13H,9-12,14H2,1-2H3,(H,26,29). The van der Waals surface area contributed by atoms with Crippen LogP contribution in [0.3, 0.4) is 0 Å². The van der Waals surface area contributed by atoms with Gasteiger partial charge in [-0.1, -0.05) is 0 Å². The fourth-order valence-electron chi connectivity index (χ4n) is 3.39. The van der Waals surface area contributed by atoms with Gasteiger partial charge in [-0.15, -0.1) is 0 Å². The summed E-state index contributed by atoms with van der Waals surface area (Å²) in [5.74, 6) is 0.528. The Labute approximate surface area is 183 Å². The summed E-state index contributed by atoms with van der Waals surface area (Å²) in [6.07, 6.45) is -4.44. The minimum absolute atomic E-state index is 0.136. The second kappa shape index (κ2) is 9.90. The number of rotatable bonds is 6. The van der Waals surface area contributed by atoms with Crippen LogP contribution >= 0.6 is 0 Å². The number of methoxy groups -OCH3 is 2. The number of carbonyl (C=O) groups excluding carboxylic acids is 2. The fraction of sp³-hybridized carbons (Fsp3) is 0.364. The van der Waals surface area contributed by atoms with Gasteiger partial charge in [-0.25, -0.2) is 0 Å². The van der Waals surface area contributed by atoms with Gasteiger partial charge in [0.2, 0.25) is 5.91 Å². The number of amides is 2. The average Bonchev–Trinajstić information content (AvgIpc) is 2.79.